The molecule has 0 radical (unpaired) electrons. The number of Topliss-reactive ketones (excluding diaryl/α,β-unsaturated/α-hetero) is 1. The van der Waals surface area contributed by atoms with E-state index in [1.165, 1.54) is 38.4 Å². The number of allylic oxidation sites excluding steroid dienone is 2. The molecule has 1 aliphatic rings. The van der Waals surface area contributed by atoms with Crippen molar-refractivity contribution in [2.75, 3.05) is 0 Å². The number of aromatic hydroxyl groups is 1. The van der Waals surface area contributed by atoms with Crippen molar-refractivity contribution in [2.45, 2.75) is 25.2 Å². The molecule has 1 atom stereocenters. The van der Waals surface area contributed by atoms with Crippen molar-refractivity contribution in [3.8, 4) is 5.88 Å². The molecule has 0 aliphatic heterocycles. The number of aliphatic hydroxyl groups excluding tert-OH is 1. The average molecular weight is 401 g/mol. The molecular weight excluding hydrogens is 382 g/mol. The Hall–Kier alpha value is -3.69. The summed E-state index contributed by atoms with van der Waals surface area (Å²) in [5.41, 5.74) is -2.71. The summed E-state index contributed by atoms with van der Waals surface area (Å²) < 4.78 is 1.55. The van der Waals surface area contributed by atoms with Gasteiger partial charge in [-0.15, -0.1) is 0 Å². The lowest BCUT2D eigenvalue weighted by Crippen LogP contribution is -2.40. The van der Waals surface area contributed by atoms with E-state index in [1.54, 1.807) is 0 Å². The minimum Gasteiger partial charge on any atom is -0.512 e. The third-order valence-electron chi connectivity index (χ3n) is 5.12. The van der Waals surface area contributed by atoms with Gasteiger partial charge in [-0.05, 0) is 6.42 Å². The molecule has 10 nitrogen and oxygen atoms in total. The van der Waals surface area contributed by atoms with Crippen LogP contribution >= 0.6 is 0 Å². The van der Waals surface area contributed by atoms with Gasteiger partial charge in [0.1, 0.15) is 0 Å². The van der Waals surface area contributed by atoms with Crippen molar-refractivity contribution >= 4 is 11.5 Å². The van der Waals surface area contributed by atoms with Gasteiger partial charge in [-0.25, -0.2) is 4.79 Å². The van der Waals surface area contributed by atoms with Crippen LogP contribution in [-0.2, 0) is 18.9 Å². The first-order valence-corrected chi connectivity index (χ1v) is 8.84. The normalized spacial score (nSPS) is 15.4. The fourth-order valence-corrected chi connectivity index (χ4v) is 3.64. The number of benzene rings is 1. The van der Waals surface area contributed by atoms with Gasteiger partial charge in [0.2, 0.25) is 5.88 Å². The fourth-order valence-electron chi connectivity index (χ4n) is 3.64. The van der Waals surface area contributed by atoms with Gasteiger partial charge < -0.3 is 10.2 Å². The number of hydrogen-bond acceptors (Lipinski definition) is 7. The Bertz CT molecular complexity index is 1170. The fraction of sp³-hybridized carbons (Fsp3) is 0.316. The molecule has 1 heterocycles. The van der Waals surface area contributed by atoms with Gasteiger partial charge in [0.05, 0.1) is 22.2 Å². The van der Waals surface area contributed by atoms with E-state index in [2.05, 4.69) is 0 Å². The van der Waals surface area contributed by atoms with Crippen molar-refractivity contribution in [1.29, 1.82) is 0 Å². The quantitative estimate of drug-likeness (QED) is 0.582. The standard InChI is InChI=1S/C19H19N3O7/c1-20-17(25)16(18(26)21(2)19(20)27)14(15-12(23)8-5-9-13(15)24)10-6-3-4-7-11(10)22(28)29/h3-4,6-7,14,23,25H,5,8-9H2,1-2H3. The Morgan fingerprint density at radius 1 is 1.07 bits per heavy atom. The van der Waals surface area contributed by atoms with E-state index < -0.39 is 33.8 Å². The SMILES string of the molecule is Cn1c(O)c(C(C2=C(O)CCCC2=O)c2ccccc2[N+](=O)[O-])c(=O)n(C)c1=O. The summed E-state index contributed by atoms with van der Waals surface area (Å²) in [6.45, 7) is 0. The molecule has 0 amide bonds. The summed E-state index contributed by atoms with van der Waals surface area (Å²) in [7, 11) is 2.43. The summed E-state index contributed by atoms with van der Waals surface area (Å²) in [5.74, 6) is -2.90. The topological polar surface area (TPSA) is 145 Å². The molecular formula is C19H19N3O7. The van der Waals surface area contributed by atoms with E-state index in [1.807, 2.05) is 0 Å². The molecule has 2 aromatic rings. The second kappa shape index (κ2) is 7.38. The molecule has 3 rings (SSSR count). The number of aliphatic hydroxyl groups is 1. The highest BCUT2D eigenvalue weighted by molar-refractivity contribution is 5.99. The molecule has 2 N–H and O–H groups in total. The maximum Gasteiger partial charge on any atom is 0.333 e. The van der Waals surface area contributed by atoms with E-state index in [9.17, 15) is 34.7 Å². The summed E-state index contributed by atoms with van der Waals surface area (Å²) in [6.07, 6.45) is 0.642. The van der Waals surface area contributed by atoms with Crippen molar-refractivity contribution in [3.63, 3.8) is 0 Å². The minimum atomic E-state index is -1.41. The number of rotatable bonds is 4. The Morgan fingerprint density at radius 2 is 1.72 bits per heavy atom. The number of carbonyl (C=O) groups is 1. The highest BCUT2D eigenvalue weighted by Gasteiger charge is 2.38. The molecule has 0 spiro atoms. The molecule has 0 bridgehead atoms. The lowest BCUT2D eigenvalue weighted by molar-refractivity contribution is -0.385. The summed E-state index contributed by atoms with van der Waals surface area (Å²) >= 11 is 0. The molecule has 1 aliphatic carbocycles. The summed E-state index contributed by atoms with van der Waals surface area (Å²) in [6, 6.07) is 5.48. The van der Waals surface area contributed by atoms with Crippen LogP contribution in [0.1, 0.15) is 36.3 Å². The van der Waals surface area contributed by atoms with Crippen LogP contribution in [0.2, 0.25) is 0 Å². The molecule has 0 fully saturated rings. The molecule has 1 unspecified atom stereocenters. The van der Waals surface area contributed by atoms with Crippen molar-refractivity contribution in [3.05, 3.63) is 77.7 Å². The highest BCUT2D eigenvalue weighted by atomic mass is 16.6. The maximum absolute atomic E-state index is 12.9. The van der Waals surface area contributed by atoms with E-state index in [0.29, 0.717) is 6.42 Å². The third-order valence-corrected chi connectivity index (χ3v) is 5.12. The zero-order valence-electron chi connectivity index (χ0n) is 15.8. The number of nitro benzene ring substituents is 1. The number of aromatic nitrogens is 2. The van der Waals surface area contributed by atoms with Crippen molar-refractivity contribution in [1.82, 2.24) is 9.13 Å². The van der Waals surface area contributed by atoms with Crippen LogP contribution in [0.15, 0.2) is 45.2 Å². The van der Waals surface area contributed by atoms with Crippen molar-refractivity contribution in [2.24, 2.45) is 14.1 Å². The third kappa shape index (κ3) is 3.22. The number of para-hydroxylation sites is 1. The van der Waals surface area contributed by atoms with Gasteiger partial charge >= 0.3 is 5.69 Å². The number of nitro groups is 1. The molecule has 152 valence electrons. The van der Waals surface area contributed by atoms with Gasteiger partial charge in [0.15, 0.2) is 5.78 Å². The first-order chi connectivity index (χ1) is 13.7. The smallest absolute Gasteiger partial charge is 0.333 e. The van der Waals surface area contributed by atoms with Crippen LogP contribution in [0.4, 0.5) is 5.69 Å². The van der Waals surface area contributed by atoms with Gasteiger partial charge in [-0.1, -0.05) is 18.2 Å². The zero-order valence-corrected chi connectivity index (χ0v) is 15.8. The first kappa shape index (κ1) is 20.1. The van der Waals surface area contributed by atoms with E-state index in [0.717, 1.165) is 9.13 Å². The van der Waals surface area contributed by atoms with Crippen LogP contribution < -0.4 is 11.2 Å². The van der Waals surface area contributed by atoms with Gasteiger partial charge in [-0.2, -0.15) is 0 Å². The number of ketones is 1. The zero-order chi connectivity index (χ0) is 21.5. The maximum atomic E-state index is 12.9. The van der Waals surface area contributed by atoms with Gasteiger partial charge in [-0.3, -0.25) is 28.8 Å². The van der Waals surface area contributed by atoms with E-state index >= 15 is 0 Å². The Morgan fingerprint density at radius 3 is 2.34 bits per heavy atom. The van der Waals surface area contributed by atoms with Crippen molar-refractivity contribution < 1.29 is 19.9 Å². The Balaban J connectivity index is 2.49. The monoisotopic (exact) mass is 401 g/mol. The second-order valence-corrected chi connectivity index (χ2v) is 6.83. The number of carbonyl (C=O) groups excluding carboxylic acids is 1. The largest absolute Gasteiger partial charge is 0.512 e. The molecule has 0 saturated carbocycles. The molecule has 1 aromatic carbocycles. The Labute approximate surface area is 164 Å². The van der Waals surface area contributed by atoms with E-state index in [-0.39, 0.29) is 41.0 Å². The summed E-state index contributed by atoms with van der Waals surface area (Å²) in [5, 5.41) is 32.7. The van der Waals surface area contributed by atoms with Crippen LogP contribution in [0.3, 0.4) is 0 Å². The number of hydrogen-bond donors (Lipinski definition) is 2. The first-order valence-electron chi connectivity index (χ1n) is 8.84. The van der Waals surface area contributed by atoms with Crippen LogP contribution in [0, 0.1) is 10.1 Å². The summed E-state index contributed by atoms with van der Waals surface area (Å²) in [4.78, 5) is 48.7. The minimum absolute atomic E-state index is 0.0413. The Kier molecular flexibility index (Phi) is 5.10. The lowest BCUT2D eigenvalue weighted by Gasteiger charge is -2.25. The second-order valence-electron chi connectivity index (χ2n) is 6.83. The van der Waals surface area contributed by atoms with Crippen LogP contribution in [0.25, 0.3) is 0 Å². The molecule has 29 heavy (non-hydrogen) atoms. The molecule has 0 saturated heterocycles. The molecule has 10 heteroatoms. The van der Waals surface area contributed by atoms with Gasteiger partial charge in [0, 0.05) is 44.1 Å². The predicted octanol–water partition coefficient (Wildman–Crippen LogP) is 1.39. The number of nitrogens with zero attached hydrogens (tertiary/aromatic N) is 3. The highest BCUT2D eigenvalue weighted by Crippen LogP contribution is 2.42. The molecule has 1 aromatic heterocycles. The average Bonchev–Trinajstić information content (AvgIpc) is 2.69. The van der Waals surface area contributed by atoms with Crippen LogP contribution in [-0.4, -0.2) is 30.1 Å². The predicted molar refractivity (Wildman–Crippen MR) is 102 cm³/mol. The van der Waals surface area contributed by atoms with Gasteiger partial charge in [0.25, 0.3) is 11.2 Å². The lowest BCUT2D eigenvalue weighted by atomic mass is 9.78. The van der Waals surface area contributed by atoms with Crippen LogP contribution in [0.5, 0.6) is 5.88 Å². The van der Waals surface area contributed by atoms with E-state index in [4.69, 9.17) is 0 Å².